The van der Waals surface area contributed by atoms with Crippen LogP contribution in [0, 0.1) is 5.21 Å². The lowest BCUT2D eigenvalue weighted by molar-refractivity contribution is -0.751. The van der Waals surface area contributed by atoms with E-state index in [4.69, 9.17) is 0 Å². The third kappa shape index (κ3) is 2.83. The van der Waals surface area contributed by atoms with Crippen molar-refractivity contribution in [3.05, 3.63) is 87.9 Å². The number of piperazine rings is 1. The molecule has 3 heterocycles. The molecule has 6 rings (SSSR count). The molecule has 0 saturated carbocycles. The van der Waals surface area contributed by atoms with E-state index in [-0.39, 0.29) is 29.6 Å². The molecular formula is C23H21N5O3. The summed E-state index contributed by atoms with van der Waals surface area (Å²) >= 11 is 0. The maximum atomic E-state index is 13.1. The Morgan fingerprint density at radius 1 is 0.903 bits per heavy atom. The molecule has 0 spiro atoms. The highest BCUT2D eigenvalue weighted by atomic mass is 16.5. The highest BCUT2D eigenvalue weighted by Crippen LogP contribution is 2.33. The van der Waals surface area contributed by atoms with Gasteiger partial charge in [0.1, 0.15) is 6.67 Å². The molecule has 156 valence electrons. The number of fused-ring (bicyclic) bond motifs is 4. The summed E-state index contributed by atoms with van der Waals surface area (Å²) in [6, 6.07) is 17.8. The molecule has 3 aromatic rings. The molecule has 8 heteroatoms. The van der Waals surface area contributed by atoms with Crippen LogP contribution in [-0.4, -0.2) is 56.3 Å². The summed E-state index contributed by atoms with van der Waals surface area (Å²) in [4.78, 5) is 31.0. The molecule has 31 heavy (non-hydrogen) atoms. The summed E-state index contributed by atoms with van der Waals surface area (Å²) in [5, 5.41) is 16.4. The number of hydrogen-bond acceptors (Lipinski definition) is 6. The van der Waals surface area contributed by atoms with Gasteiger partial charge in [0.2, 0.25) is 17.3 Å². The van der Waals surface area contributed by atoms with Gasteiger partial charge in [0.05, 0.1) is 0 Å². The largest absolute Gasteiger partial charge is 0.571 e. The molecule has 2 saturated heterocycles. The summed E-state index contributed by atoms with van der Waals surface area (Å²) < 4.78 is 1.31. The molecule has 2 atom stereocenters. The molecule has 1 aromatic heterocycles. The average molecular weight is 415 g/mol. The Labute approximate surface area is 178 Å². The minimum atomic E-state index is -0.370. The fourth-order valence-corrected chi connectivity index (χ4v) is 5.22. The van der Waals surface area contributed by atoms with Crippen LogP contribution in [0.5, 0.6) is 0 Å². The minimum absolute atomic E-state index is 0.0474. The summed E-state index contributed by atoms with van der Waals surface area (Å²) in [5.41, 5.74) is 1.99. The Morgan fingerprint density at radius 2 is 1.55 bits per heavy atom. The molecule has 3 aliphatic rings. The van der Waals surface area contributed by atoms with Gasteiger partial charge in [0.15, 0.2) is 5.69 Å². The highest BCUT2D eigenvalue weighted by Gasteiger charge is 2.45. The van der Waals surface area contributed by atoms with Gasteiger partial charge in [0.25, 0.3) is 0 Å². The third-order valence-electron chi connectivity index (χ3n) is 6.73. The average Bonchev–Trinajstić information content (AvgIpc) is 3.46. The van der Waals surface area contributed by atoms with Crippen LogP contribution >= 0.6 is 0 Å². The first kappa shape index (κ1) is 18.4. The second-order valence-corrected chi connectivity index (χ2v) is 8.52. The second-order valence-electron chi connectivity index (χ2n) is 8.52. The van der Waals surface area contributed by atoms with Crippen molar-refractivity contribution in [2.75, 3.05) is 13.1 Å². The number of ketones is 2. The van der Waals surface area contributed by atoms with E-state index in [0.29, 0.717) is 28.2 Å². The number of likely N-dealkylation sites (tertiary alicyclic amines) is 2. The first-order valence-electron chi connectivity index (χ1n) is 10.5. The van der Waals surface area contributed by atoms with Crippen LogP contribution in [0.1, 0.15) is 44.1 Å². The number of carbonyl (C=O) groups excluding carboxylic acids is 2. The van der Waals surface area contributed by atoms with E-state index in [1.165, 1.54) is 10.2 Å². The standard InChI is InChI=1S/C23H21N5O3/c29-22-18-8-4-5-9-19(18)23(30)21-20(22)24-28(31)27(21)14-26-13-16-10-17(26)12-25(16)11-15-6-2-1-3-7-15/h1-9,16-17H,10-14H2. The number of benzene rings is 2. The summed E-state index contributed by atoms with van der Waals surface area (Å²) in [6.45, 7) is 2.92. The maximum Gasteiger partial charge on any atom is 0.220 e. The van der Waals surface area contributed by atoms with Crippen LogP contribution in [0.2, 0.25) is 0 Å². The molecule has 2 fully saturated rings. The first-order valence-corrected chi connectivity index (χ1v) is 10.5. The van der Waals surface area contributed by atoms with Crippen LogP contribution in [0.25, 0.3) is 0 Å². The number of hydrogen-bond donors (Lipinski definition) is 0. The van der Waals surface area contributed by atoms with Gasteiger partial charge in [-0.05, 0) is 12.0 Å². The van der Waals surface area contributed by atoms with Gasteiger partial charge >= 0.3 is 0 Å². The highest BCUT2D eigenvalue weighted by molar-refractivity contribution is 6.26. The van der Waals surface area contributed by atoms with Crippen LogP contribution in [-0.2, 0) is 13.2 Å². The normalized spacial score (nSPS) is 22.7. The van der Waals surface area contributed by atoms with Gasteiger partial charge in [-0.1, -0.05) is 59.3 Å². The van der Waals surface area contributed by atoms with Crippen molar-refractivity contribution in [1.82, 2.24) is 19.6 Å². The lowest BCUT2D eigenvalue weighted by Crippen LogP contribution is -2.51. The molecule has 1 aliphatic carbocycles. The van der Waals surface area contributed by atoms with Crippen LogP contribution in [0.3, 0.4) is 0 Å². The SMILES string of the molecule is O=C1c2ccccc2C(=O)c2c1n[n+]([O-])n2CN1CC2CC1CN2Cc1ccccc1. The zero-order chi connectivity index (χ0) is 21.1. The van der Waals surface area contributed by atoms with Crippen molar-refractivity contribution in [3.8, 4) is 0 Å². The van der Waals surface area contributed by atoms with Crippen LogP contribution in [0.15, 0.2) is 54.6 Å². The van der Waals surface area contributed by atoms with Crippen LogP contribution in [0.4, 0.5) is 0 Å². The van der Waals surface area contributed by atoms with E-state index in [9.17, 15) is 14.8 Å². The quantitative estimate of drug-likeness (QED) is 0.368. The predicted octanol–water partition coefficient (Wildman–Crippen LogP) is 1.21. The maximum absolute atomic E-state index is 13.1. The molecule has 8 nitrogen and oxygen atoms in total. The Balaban J connectivity index is 1.23. The van der Waals surface area contributed by atoms with Crippen molar-refractivity contribution < 1.29 is 14.5 Å². The monoisotopic (exact) mass is 415 g/mol. The molecule has 2 aromatic carbocycles. The molecule has 2 unspecified atom stereocenters. The Bertz CT molecular complexity index is 1210. The first-order chi connectivity index (χ1) is 15.1. The van der Waals surface area contributed by atoms with Crippen molar-refractivity contribution in [2.24, 2.45) is 0 Å². The van der Waals surface area contributed by atoms with Gasteiger partial charge in [-0.15, -0.1) is 0 Å². The van der Waals surface area contributed by atoms with Crippen molar-refractivity contribution in [1.29, 1.82) is 0 Å². The van der Waals surface area contributed by atoms with Crippen LogP contribution < -0.4 is 4.96 Å². The molecule has 2 bridgehead atoms. The van der Waals surface area contributed by atoms with Gasteiger partial charge in [0, 0.05) is 52.9 Å². The number of aromatic nitrogens is 3. The van der Waals surface area contributed by atoms with Crippen molar-refractivity contribution in [3.63, 3.8) is 0 Å². The van der Waals surface area contributed by atoms with Crippen molar-refractivity contribution in [2.45, 2.75) is 31.7 Å². The zero-order valence-electron chi connectivity index (χ0n) is 16.8. The van der Waals surface area contributed by atoms with Crippen molar-refractivity contribution >= 4 is 11.6 Å². The molecule has 0 radical (unpaired) electrons. The Hall–Kier alpha value is -3.36. The minimum Gasteiger partial charge on any atom is -0.571 e. The van der Waals surface area contributed by atoms with E-state index < -0.39 is 0 Å². The van der Waals surface area contributed by atoms with Gasteiger partial charge in [-0.25, -0.2) is 0 Å². The molecular weight excluding hydrogens is 394 g/mol. The van der Waals surface area contributed by atoms with Gasteiger partial charge in [-0.3, -0.25) is 19.4 Å². The number of nitrogens with zero attached hydrogens (tertiary/aromatic N) is 5. The smallest absolute Gasteiger partial charge is 0.220 e. The number of rotatable bonds is 4. The second kappa shape index (κ2) is 6.83. The summed E-state index contributed by atoms with van der Waals surface area (Å²) in [7, 11) is 0. The lowest BCUT2D eigenvalue weighted by Gasteiger charge is -2.33. The Kier molecular flexibility index (Phi) is 4.06. The van der Waals surface area contributed by atoms with E-state index in [0.717, 1.165) is 26.1 Å². The molecule has 0 N–H and O–H groups in total. The number of carbonyl (C=O) groups is 2. The topological polar surface area (TPSA) is 85.4 Å². The third-order valence-corrected chi connectivity index (χ3v) is 6.73. The molecule has 2 aliphatic heterocycles. The molecule has 0 amide bonds. The van der Waals surface area contributed by atoms with Gasteiger partial charge in [-0.2, -0.15) is 0 Å². The Morgan fingerprint density at radius 3 is 2.26 bits per heavy atom. The lowest BCUT2D eigenvalue weighted by atomic mass is 9.90. The zero-order valence-corrected chi connectivity index (χ0v) is 16.8. The summed E-state index contributed by atoms with van der Waals surface area (Å²) in [5.74, 6) is -0.687. The van der Waals surface area contributed by atoms with E-state index >= 15 is 0 Å². The predicted molar refractivity (Wildman–Crippen MR) is 110 cm³/mol. The van der Waals surface area contributed by atoms with E-state index in [2.05, 4.69) is 39.2 Å². The van der Waals surface area contributed by atoms with Gasteiger partial charge < -0.3 is 5.21 Å². The fraction of sp³-hybridized carbons (Fsp3) is 0.304. The van der Waals surface area contributed by atoms with E-state index in [1.807, 2.05) is 6.07 Å². The fourth-order valence-electron chi connectivity index (χ4n) is 5.22. The summed E-state index contributed by atoms with van der Waals surface area (Å²) in [6.07, 6.45) is 1.04. The van der Waals surface area contributed by atoms with E-state index in [1.54, 1.807) is 24.3 Å².